The minimum absolute atomic E-state index is 0.140. The average Bonchev–Trinajstić information content (AvgIpc) is 2.70. The summed E-state index contributed by atoms with van der Waals surface area (Å²) in [5.74, 6) is 1.81. The topological polar surface area (TPSA) is 66.4 Å². The Balaban J connectivity index is 1.90. The molecule has 0 radical (unpaired) electrons. The van der Waals surface area contributed by atoms with E-state index in [1.54, 1.807) is 11.2 Å². The van der Waals surface area contributed by atoms with Crippen LogP contribution < -0.4 is 4.90 Å². The zero-order valence-electron chi connectivity index (χ0n) is 16.7. The van der Waals surface area contributed by atoms with E-state index in [2.05, 4.69) is 16.8 Å². The standard InChI is InChI=1S/C20H27ClN4O2S/c1-4-19-18(14-16-6-8-17(21)9-7-16)20(23-15(3)22-19)24-10-12-25(13-11-24)28(26,27)5-2/h6-9H,4-5,10-14H2,1-3H3. The van der Waals surface area contributed by atoms with Gasteiger partial charge in [-0.2, -0.15) is 4.31 Å². The van der Waals surface area contributed by atoms with E-state index in [0.29, 0.717) is 31.2 Å². The molecule has 1 aromatic carbocycles. The van der Waals surface area contributed by atoms with Crippen LogP contribution in [0, 0.1) is 6.92 Å². The molecule has 0 amide bonds. The van der Waals surface area contributed by atoms with Gasteiger partial charge in [0.05, 0.1) is 5.75 Å². The van der Waals surface area contributed by atoms with Crippen LogP contribution in [0.2, 0.25) is 5.02 Å². The van der Waals surface area contributed by atoms with Gasteiger partial charge in [-0.25, -0.2) is 18.4 Å². The summed E-state index contributed by atoms with van der Waals surface area (Å²) >= 11 is 6.02. The molecule has 152 valence electrons. The molecule has 2 heterocycles. The van der Waals surface area contributed by atoms with Crippen LogP contribution in [-0.2, 0) is 22.9 Å². The van der Waals surface area contributed by atoms with Crippen molar-refractivity contribution >= 4 is 27.4 Å². The van der Waals surface area contributed by atoms with Gasteiger partial charge in [0.15, 0.2) is 0 Å². The maximum Gasteiger partial charge on any atom is 0.213 e. The largest absolute Gasteiger partial charge is 0.354 e. The van der Waals surface area contributed by atoms with Crippen LogP contribution in [0.15, 0.2) is 24.3 Å². The van der Waals surface area contributed by atoms with Crippen LogP contribution >= 0.6 is 11.6 Å². The number of benzene rings is 1. The summed E-state index contributed by atoms with van der Waals surface area (Å²) in [4.78, 5) is 11.6. The summed E-state index contributed by atoms with van der Waals surface area (Å²) in [7, 11) is -3.15. The number of sulfonamides is 1. The van der Waals surface area contributed by atoms with Crippen molar-refractivity contribution < 1.29 is 8.42 Å². The number of hydrogen-bond acceptors (Lipinski definition) is 5. The number of nitrogens with zero attached hydrogens (tertiary/aromatic N) is 4. The number of anilines is 1. The molecule has 0 bridgehead atoms. The first-order valence-corrected chi connectivity index (χ1v) is 11.7. The van der Waals surface area contributed by atoms with Crippen molar-refractivity contribution in [2.45, 2.75) is 33.6 Å². The molecule has 0 aliphatic carbocycles. The van der Waals surface area contributed by atoms with Crippen LogP contribution in [0.5, 0.6) is 0 Å². The first kappa shape index (κ1) is 21.0. The normalized spacial score (nSPS) is 15.8. The Labute approximate surface area is 172 Å². The smallest absolute Gasteiger partial charge is 0.213 e. The molecule has 6 nitrogen and oxygen atoms in total. The SMILES string of the molecule is CCc1nc(C)nc(N2CCN(S(=O)(=O)CC)CC2)c1Cc1ccc(Cl)cc1. The highest BCUT2D eigenvalue weighted by Crippen LogP contribution is 2.26. The Hall–Kier alpha value is -1.70. The van der Waals surface area contributed by atoms with Crippen molar-refractivity contribution in [3.05, 3.63) is 51.9 Å². The quantitative estimate of drug-likeness (QED) is 0.715. The van der Waals surface area contributed by atoms with Gasteiger partial charge in [0.1, 0.15) is 11.6 Å². The van der Waals surface area contributed by atoms with Crippen LogP contribution in [0.1, 0.15) is 36.5 Å². The van der Waals surface area contributed by atoms with Crippen LogP contribution in [0.3, 0.4) is 0 Å². The lowest BCUT2D eigenvalue weighted by molar-refractivity contribution is 0.384. The number of hydrogen-bond donors (Lipinski definition) is 0. The van der Waals surface area contributed by atoms with E-state index in [0.717, 1.165) is 41.3 Å². The van der Waals surface area contributed by atoms with Crippen molar-refractivity contribution in [2.75, 3.05) is 36.8 Å². The first-order valence-electron chi connectivity index (χ1n) is 9.67. The van der Waals surface area contributed by atoms with E-state index in [1.165, 1.54) is 0 Å². The van der Waals surface area contributed by atoms with Gasteiger partial charge in [0.2, 0.25) is 10.0 Å². The Kier molecular flexibility index (Phi) is 6.58. The van der Waals surface area contributed by atoms with E-state index in [1.807, 2.05) is 31.2 Å². The van der Waals surface area contributed by atoms with Crippen LogP contribution in [-0.4, -0.2) is 54.6 Å². The lowest BCUT2D eigenvalue weighted by Crippen LogP contribution is -2.49. The summed E-state index contributed by atoms with van der Waals surface area (Å²) in [6.07, 6.45) is 1.55. The summed E-state index contributed by atoms with van der Waals surface area (Å²) in [5.41, 5.74) is 3.31. The molecule has 0 atom stereocenters. The van der Waals surface area contributed by atoms with E-state index in [-0.39, 0.29) is 5.75 Å². The van der Waals surface area contributed by atoms with Crippen molar-refractivity contribution in [3.63, 3.8) is 0 Å². The molecule has 0 N–H and O–H groups in total. The molecule has 0 unspecified atom stereocenters. The Morgan fingerprint density at radius 3 is 2.25 bits per heavy atom. The minimum Gasteiger partial charge on any atom is -0.354 e. The molecule has 28 heavy (non-hydrogen) atoms. The molecule has 1 fully saturated rings. The zero-order chi connectivity index (χ0) is 20.3. The predicted octanol–water partition coefficient (Wildman–Crippen LogP) is 3.06. The zero-order valence-corrected chi connectivity index (χ0v) is 18.2. The third-order valence-electron chi connectivity index (χ3n) is 5.11. The van der Waals surface area contributed by atoms with Crippen molar-refractivity contribution in [2.24, 2.45) is 0 Å². The van der Waals surface area contributed by atoms with Crippen LogP contribution in [0.25, 0.3) is 0 Å². The van der Waals surface area contributed by atoms with Crippen molar-refractivity contribution in [1.82, 2.24) is 14.3 Å². The van der Waals surface area contributed by atoms with Crippen molar-refractivity contribution in [1.29, 1.82) is 0 Å². The number of piperazine rings is 1. The third kappa shape index (κ3) is 4.64. The monoisotopic (exact) mass is 422 g/mol. The van der Waals surface area contributed by atoms with Gasteiger partial charge < -0.3 is 4.90 Å². The summed E-state index contributed by atoms with van der Waals surface area (Å²) in [6.45, 7) is 7.93. The lowest BCUT2D eigenvalue weighted by Gasteiger charge is -2.35. The Morgan fingerprint density at radius 1 is 1.04 bits per heavy atom. The van der Waals surface area contributed by atoms with Gasteiger partial charge >= 0.3 is 0 Å². The molecule has 2 aromatic rings. The van der Waals surface area contributed by atoms with E-state index < -0.39 is 10.0 Å². The van der Waals surface area contributed by atoms with E-state index in [4.69, 9.17) is 16.6 Å². The molecule has 1 aromatic heterocycles. The molecule has 8 heteroatoms. The van der Waals surface area contributed by atoms with Gasteiger partial charge in [0.25, 0.3) is 0 Å². The van der Waals surface area contributed by atoms with Gasteiger partial charge in [-0.15, -0.1) is 0 Å². The second-order valence-electron chi connectivity index (χ2n) is 6.96. The fourth-order valence-corrected chi connectivity index (χ4v) is 4.75. The molecular weight excluding hydrogens is 396 g/mol. The van der Waals surface area contributed by atoms with Gasteiger partial charge in [-0.05, 0) is 38.0 Å². The summed E-state index contributed by atoms with van der Waals surface area (Å²) in [5, 5.41) is 0.716. The molecule has 1 aliphatic heterocycles. The maximum atomic E-state index is 12.2. The minimum atomic E-state index is -3.15. The molecule has 3 rings (SSSR count). The number of aryl methyl sites for hydroxylation is 2. The summed E-state index contributed by atoms with van der Waals surface area (Å²) in [6, 6.07) is 7.84. The van der Waals surface area contributed by atoms with Crippen LogP contribution in [0.4, 0.5) is 5.82 Å². The highest BCUT2D eigenvalue weighted by Gasteiger charge is 2.28. The average molecular weight is 423 g/mol. The van der Waals surface area contributed by atoms with Gasteiger partial charge in [-0.1, -0.05) is 30.7 Å². The first-order chi connectivity index (χ1) is 13.3. The van der Waals surface area contributed by atoms with E-state index in [9.17, 15) is 8.42 Å². The highest BCUT2D eigenvalue weighted by atomic mass is 35.5. The third-order valence-corrected chi connectivity index (χ3v) is 7.24. The fourth-order valence-electron chi connectivity index (χ4n) is 3.54. The number of rotatable bonds is 6. The second-order valence-corrected chi connectivity index (χ2v) is 9.66. The summed E-state index contributed by atoms with van der Waals surface area (Å²) < 4.78 is 25.9. The highest BCUT2D eigenvalue weighted by molar-refractivity contribution is 7.89. The molecule has 0 saturated carbocycles. The molecule has 1 aliphatic rings. The molecule has 1 saturated heterocycles. The number of aromatic nitrogens is 2. The number of halogens is 1. The molecule has 0 spiro atoms. The Bertz CT molecular complexity index is 924. The van der Waals surface area contributed by atoms with Gasteiger partial charge in [-0.3, -0.25) is 0 Å². The predicted molar refractivity (Wildman–Crippen MR) is 114 cm³/mol. The second kappa shape index (κ2) is 8.76. The van der Waals surface area contributed by atoms with Gasteiger partial charge in [0, 0.05) is 48.9 Å². The van der Waals surface area contributed by atoms with Crippen molar-refractivity contribution in [3.8, 4) is 0 Å². The molecular formula is C20H27ClN4O2S. The lowest BCUT2D eigenvalue weighted by atomic mass is 10.0. The Morgan fingerprint density at radius 2 is 1.68 bits per heavy atom. The fraction of sp³-hybridized carbons (Fsp3) is 0.500. The maximum absolute atomic E-state index is 12.2. The van der Waals surface area contributed by atoms with E-state index >= 15 is 0 Å².